The van der Waals surface area contributed by atoms with Crippen molar-refractivity contribution in [3.05, 3.63) is 35.9 Å². The van der Waals surface area contributed by atoms with Gasteiger partial charge in [0.2, 0.25) is 0 Å². The van der Waals surface area contributed by atoms with Crippen LogP contribution in [0.4, 0.5) is 0 Å². The molecule has 0 radical (unpaired) electrons. The fraction of sp³-hybridized carbons (Fsp3) is 0.625. The van der Waals surface area contributed by atoms with Crippen molar-refractivity contribution in [3.63, 3.8) is 0 Å². The van der Waals surface area contributed by atoms with Crippen molar-refractivity contribution in [2.75, 3.05) is 33.3 Å². The molecule has 1 fully saturated rings. The van der Waals surface area contributed by atoms with E-state index >= 15 is 0 Å². The normalized spacial score (nSPS) is 18.4. The van der Waals surface area contributed by atoms with Gasteiger partial charge in [-0.2, -0.15) is 0 Å². The molecule has 0 saturated carbocycles. The number of hydrogen-bond donors (Lipinski definition) is 2. The van der Waals surface area contributed by atoms with Gasteiger partial charge in [0.05, 0.1) is 19.3 Å². The van der Waals surface area contributed by atoms with E-state index in [2.05, 4.69) is 17.3 Å². The van der Waals surface area contributed by atoms with E-state index in [1.165, 1.54) is 0 Å². The Bertz CT molecular complexity index is 366. The maximum absolute atomic E-state index is 10.0. The number of piperidine rings is 1. The van der Waals surface area contributed by atoms with Crippen LogP contribution in [0, 0.1) is 0 Å². The van der Waals surface area contributed by atoms with Crippen molar-refractivity contribution >= 4 is 0 Å². The molecule has 2 N–H and O–H groups in total. The summed E-state index contributed by atoms with van der Waals surface area (Å²) in [6.45, 7) is 3.80. The number of nitrogens with one attached hydrogen (secondary N) is 1. The molecule has 1 atom stereocenters. The molecule has 1 aromatic rings. The molecule has 112 valence electrons. The maximum atomic E-state index is 10.0. The summed E-state index contributed by atoms with van der Waals surface area (Å²) in [5, 5.41) is 13.4. The highest BCUT2D eigenvalue weighted by Crippen LogP contribution is 2.10. The van der Waals surface area contributed by atoms with Crippen molar-refractivity contribution in [1.29, 1.82) is 0 Å². The lowest BCUT2D eigenvalue weighted by atomic mass is 10.1. The van der Waals surface area contributed by atoms with Crippen molar-refractivity contribution < 1.29 is 9.84 Å². The maximum Gasteiger partial charge on any atom is 0.0900 e. The molecule has 0 aliphatic carbocycles. The molecule has 0 bridgehead atoms. The molecule has 0 amide bonds. The summed E-state index contributed by atoms with van der Waals surface area (Å²) in [6.07, 6.45) is 1.90. The average molecular weight is 278 g/mol. The van der Waals surface area contributed by atoms with Gasteiger partial charge in [-0.3, -0.25) is 0 Å². The Morgan fingerprint density at radius 3 is 2.70 bits per heavy atom. The molecule has 1 unspecified atom stereocenters. The largest absolute Gasteiger partial charge is 0.389 e. The highest BCUT2D eigenvalue weighted by molar-refractivity contribution is 5.13. The predicted molar refractivity (Wildman–Crippen MR) is 80.6 cm³/mol. The van der Waals surface area contributed by atoms with Crippen LogP contribution < -0.4 is 5.32 Å². The number of aliphatic hydroxyl groups excluding tert-OH is 1. The van der Waals surface area contributed by atoms with Gasteiger partial charge in [-0.1, -0.05) is 30.3 Å². The van der Waals surface area contributed by atoms with E-state index in [1.807, 2.05) is 30.3 Å². The number of benzene rings is 1. The van der Waals surface area contributed by atoms with Crippen LogP contribution in [0.15, 0.2) is 30.3 Å². The molecule has 2 rings (SSSR count). The van der Waals surface area contributed by atoms with Crippen LogP contribution in [0.2, 0.25) is 0 Å². The minimum absolute atomic E-state index is 0.393. The van der Waals surface area contributed by atoms with E-state index in [0.29, 0.717) is 25.8 Å². The van der Waals surface area contributed by atoms with Crippen molar-refractivity contribution in [1.82, 2.24) is 10.2 Å². The standard InChI is InChI=1S/C16H26N2O2/c1-18(15-7-9-17-10-8-15)11-16(19)13-20-12-14-5-3-2-4-6-14/h2-6,15-17,19H,7-13H2,1H3. The molecule has 1 aromatic carbocycles. The average Bonchev–Trinajstić information content (AvgIpc) is 2.49. The molecule has 4 nitrogen and oxygen atoms in total. The Morgan fingerprint density at radius 1 is 1.30 bits per heavy atom. The predicted octanol–water partition coefficient (Wildman–Crippen LogP) is 1.25. The highest BCUT2D eigenvalue weighted by atomic mass is 16.5. The third-order valence-corrected chi connectivity index (χ3v) is 3.85. The van der Waals surface area contributed by atoms with E-state index < -0.39 is 6.10 Å². The Balaban J connectivity index is 1.63. The second-order valence-electron chi connectivity index (χ2n) is 5.58. The fourth-order valence-corrected chi connectivity index (χ4v) is 2.67. The summed E-state index contributed by atoms with van der Waals surface area (Å²) in [4.78, 5) is 2.26. The van der Waals surface area contributed by atoms with Crippen LogP contribution >= 0.6 is 0 Å². The third kappa shape index (κ3) is 5.21. The molecule has 1 aliphatic heterocycles. The lowest BCUT2D eigenvalue weighted by molar-refractivity contribution is 0.00542. The molecule has 20 heavy (non-hydrogen) atoms. The molecule has 4 heteroatoms. The number of nitrogens with zero attached hydrogens (tertiary/aromatic N) is 1. The van der Waals surface area contributed by atoms with Crippen molar-refractivity contribution in [2.24, 2.45) is 0 Å². The van der Waals surface area contributed by atoms with E-state index in [1.54, 1.807) is 0 Å². The Labute approximate surface area is 121 Å². The number of ether oxygens (including phenoxy) is 1. The monoisotopic (exact) mass is 278 g/mol. The Hall–Kier alpha value is -0.940. The molecule has 1 saturated heterocycles. The number of hydrogen-bond acceptors (Lipinski definition) is 4. The Kier molecular flexibility index (Phi) is 6.47. The van der Waals surface area contributed by atoms with Gasteiger partial charge in [0.1, 0.15) is 0 Å². The molecule has 1 aliphatic rings. The third-order valence-electron chi connectivity index (χ3n) is 3.85. The van der Waals surface area contributed by atoms with Crippen LogP contribution in [0.3, 0.4) is 0 Å². The summed E-state index contributed by atoms with van der Waals surface area (Å²) in [5.74, 6) is 0. The summed E-state index contributed by atoms with van der Waals surface area (Å²) < 4.78 is 5.58. The van der Waals surface area contributed by atoms with Gasteiger partial charge in [0.25, 0.3) is 0 Å². The van der Waals surface area contributed by atoms with Gasteiger partial charge in [-0.25, -0.2) is 0 Å². The first kappa shape index (κ1) is 15.4. The lowest BCUT2D eigenvalue weighted by Gasteiger charge is -2.32. The molecule has 0 spiro atoms. The van der Waals surface area contributed by atoms with E-state index in [4.69, 9.17) is 4.74 Å². The van der Waals surface area contributed by atoms with Crippen molar-refractivity contribution in [2.45, 2.75) is 31.6 Å². The molecular formula is C16H26N2O2. The number of likely N-dealkylation sites (N-methyl/N-ethyl adjacent to an activating group) is 1. The molecule has 0 aromatic heterocycles. The second kappa shape index (κ2) is 8.37. The first-order valence-corrected chi connectivity index (χ1v) is 7.46. The summed E-state index contributed by atoms with van der Waals surface area (Å²) in [5.41, 5.74) is 1.14. The summed E-state index contributed by atoms with van der Waals surface area (Å²) >= 11 is 0. The van der Waals surface area contributed by atoms with E-state index in [9.17, 15) is 5.11 Å². The molecular weight excluding hydrogens is 252 g/mol. The van der Waals surface area contributed by atoms with Crippen LogP contribution in [0.5, 0.6) is 0 Å². The van der Waals surface area contributed by atoms with E-state index in [0.717, 1.165) is 31.5 Å². The Morgan fingerprint density at radius 2 is 2.00 bits per heavy atom. The smallest absolute Gasteiger partial charge is 0.0900 e. The topological polar surface area (TPSA) is 44.7 Å². The first-order chi connectivity index (χ1) is 9.75. The lowest BCUT2D eigenvalue weighted by Crippen LogP contribution is -2.44. The van der Waals surface area contributed by atoms with Gasteiger partial charge in [0, 0.05) is 12.6 Å². The van der Waals surface area contributed by atoms with Gasteiger partial charge in [-0.05, 0) is 38.5 Å². The van der Waals surface area contributed by atoms with E-state index in [-0.39, 0.29) is 0 Å². The summed E-state index contributed by atoms with van der Waals surface area (Å²) in [6, 6.07) is 10.6. The minimum atomic E-state index is -0.418. The van der Waals surface area contributed by atoms with Crippen molar-refractivity contribution in [3.8, 4) is 0 Å². The first-order valence-electron chi connectivity index (χ1n) is 7.46. The van der Waals surface area contributed by atoms with Crippen LogP contribution in [-0.2, 0) is 11.3 Å². The zero-order valence-electron chi connectivity index (χ0n) is 12.3. The minimum Gasteiger partial charge on any atom is -0.389 e. The van der Waals surface area contributed by atoms with Gasteiger partial charge < -0.3 is 20.1 Å². The van der Waals surface area contributed by atoms with Crippen LogP contribution in [0.1, 0.15) is 18.4 Å². The molecule has 1 heterocycles. The zero-order valence-corrected chi connectivity index (χ0v) is 12.3. The second-order valence-corrected chi connectivity index (χ2v) is 5.58. The van der Waals surface area contributed by atoms with Gasteiger partial charge in [-0.15, -0.1) is 0 Å². The zero-order chi connectivity index (χ0) is 14.2. The summed E-state index contributed by atoms with van der Waals surface area (Å²) in [7, 11) is 2.09. The fourth-order valence-electron chi connectivity index (χ4n) is 2.67. The van der Waals surface area contributed by atoms with Crippen LogP contribution in [-0.4, -0.2) is 55.4 Å². The highest BCUT2D eigenvalue weighted by Gasteiger charge is 2.19. The van der Waals surface area contributed by atoms with Gasteiger partial charge >= 0.3 is 0 Å². The quantitative estimate of drug-likeness (QED) is 0.788. The number of aliphatic hydroxyl groups is 1. The number of rotatable bonds is 7. The SMILES string of the molecule is CN(CC(O)COCc1ccccc1)C1CCNCC1. The van der Waals surface area contributed by atoms with Crippen LogP contribution in [0.25, 0.3) is 0 Å². The van der Waals surface area contributed by atoms with Gasteiger partial charge in [0.15, 0.2) is 0 Å².